The number of amides is 1. The minimum atomic E-state index is 0.341. The van der Waals surface area contributed by atoms with Crippen molar-refractivity contribution < 1.29 is 4.79 Å². The van der Waals surface area contributed by atoms with Gasteiger partial charge >= 0.3 is 0 Å². The molecule has 1 saturated heterocycles. The molecule has 0 aromatic rings. The van der Waals surface area contributed by atoms with Crippen LogP contribution in [0.5, 0.6) is 0 Å². The topological polar surface area (TPSA) is 23.6 Å². The zero-order chi connectivity index (χ0) is 12.5. The average Bonchev–Trinajstić information content (AvgIpc) is 2.82. The van der Waals surface area contributed by atoms with Gasteiger partial charge in [0.15, 0.2) is 0 Å². The molecule has 0 aliphatic carbocycles. The summed E-state index contributed by atoms with van der Waals surface area (Å²) in [5.74, 6) is 0.341. The summed E-state index contributed by atoms with van der Waals surface area (Å²) in [5, 5.41) is 0. The minimum Gasteiger partial charge on any atom is -0.342 e. The highest BCUT2D eigenvalue weighted by molar-refractivity contribution is 5.78. The maximum Gasteiger partial charge on any atom is 0.236 e. The Kier molecular flexibility index (Phi) is 7.25. The van der Waals surface area contributed by atoms with Crippen LogP contribution in [0.25, 0.3) is 0 Å². The molecule has 0 aromatic heterocycles. The highest BCUT2D eigenvalue weighted by Gasteiger charge is 2.18. The van der Waals surface area contributed by atoms with Crippen LogP contribution in [0, 0.1) is 0 Å². The van der Waals surface area contributed by atoms with Gasteiger partial charge in [-0.05, 0) is 38.8 Å². The Hall–Kier alpha value is -0.570. The third kappa shape index (κ3) is 5.53. The van der Waals surface area contributed by atoms with Crippen LogP contribution in [0.3, 0.4) is 0 Å². The van der Waals surface area contributed by atoms with Gasteiger partial charge in [-0.3, -0.25) is 9.69 Å². The first-order valence-corrected chi connectivity index (χ1v) is 7.28. The molecule has 17 heavy (non-hydrogen) atoms. The van der Waals surface area contributed by atoms with E-state index in [1.807, 2.05) is 0 Å². The monoisotopic (exact) mass is 240 g/mol. The summed E-state index contributed by atoms with van der Waals surface area (Å²) in [6.45, 7) is 9.13. The molecule has 0 N–H and O–H groups in total. The number of hydrogen-bond donors (Lipinski definition) is 0. The molecule has 0 saturated carbocycles. The zero-order valence-electron chi connectivity index (χ0n) is 11.6. The van der Waals surface area contributed by atoms with E-state index >= 15 is 0 Å². The molecule has 0 aromatic carbocycles. The highest BCUT2D eigenvalue weighted by atomic mass is 16.2. The summed E-state index contributed by atoms with van der Waals surface area (Å²) >= 11 is 0. The normalized spacial score (nSPS) is 16.4. The van der Waals surface area contributed by atoms with Crippen LogP contribution in [-0.2, 0) is 4.79 Å². The van der Waals surface area contributed by atoms with Crippen molar-refractivity contribution in [1.82, 2.24) is 9.80 Å². The van der Waals surface area contributed by atoms with Gasteiger partial charge in [0.1, 0.15) is 0 Å². The molecular formula is C14H28N2O. The van der Waals surface area contributed by atoms with Gasteiger partial charge in [0.05, 0.1) is 6.54 Å². The molecule has 0 bridgehead atoms. The van der Waals surface area contributed by atoms with Gasteiger partial charge in [-0.2, -0.15) is 0 Å². The van der Waals surface area contributed by atoms with E-state index in [0.717, 1.165) is 39.0 Å². The lowest BCUT2D eigenvalue weighted by Gasteiger charge is -2.25. The molecule has 1 heterocycles. The highest BCUT2D eigenvalue weighted by Crippen LogP contribution is 2.08. The maximum absolute atomic E-state index is 12.2. The SMILES string of the molecule is CCCCN(CCCC)C(=O)CN1CCCC1. The number of carbonyl (C=O) groups is 1. The number of likely N-dealkylation sites (tertiary alicyclic amines) is 1. The van der Waals surface area contributed by atoms with Crippen molar-refractivity contribution in [2.45, 2.75) is 52.4 Å². The lowest BCUT2D eigenvalue weighted by molar-refractivity contribution is -0.132. The Morgan fingerprint density at radius 2 is 1.59 bits per heavy atom. The fourth-order valence-corrected chi connectivity index (χ4v) is 2.29. The summed E-state index contributed by atoms with van der Waals surface area (Å²) in [5.41, 5.74) is 0. The molecule has 100 valence electrons. The molecule has 1 amide bonds. The van der Waals surface area contributed by atoms with Crippen molar-refractivity contribution in [3.8, 4) is 0 Å². The van der Waals surface area contributed by atoms with E-state index in [0.29, 0.717) is 12.5 Å². The Morgan fingerprint density at radius 1 is 1.06 bits per heavy atom. The van der Waals surface area contributed by atoms with Crippen LogP contribution < -0.4 is 0 Å². The molecule has 0 atom stereocenters. The quantitative estimate of drug-likeness (QED) is 0.651. The first-order valence-electron chi connectivity index (χ1n) is 7.28. The summed E-state index contributed by atoms with van der Waals surface area (Å²) in [4.78, 5) is 16.6. The third-order valence-electron chi connectivity index (χ3n) is 3.47. The first-order chi connectivity index (χ1) is 8.27. The van der Waals surface area contributed by atoms with E-state index < -0.39 is 0 Å². The molecule has 3 nitrogen and oxygen atoms in total. The summed E-state index contributed by atoms with van der Waals surface area (Å²) in [6.07, 6.45) is 7.12. The predicted octanol–water partition coefficient (Wildman–Crippen LogP) is 2.51. The number of carbonyl (C=O) groups excluding carboxylic acids is 1. The Balaban J connectivity index is 2.34. The van der Waals surface area contributed by atoms with Gasteiger partial charge in [0.2, 0.25) is 5.91 Å². The van der Waals surface area contributed by atoms with E-state index in [1.165, 1.54) is 25.7 Å². The zero-order valence-corrected chi connectivity index (χ0v) is 11.6. The first kappa shape index (κ1) is 14.5. The van der Waals surface area contributed by atoms with Crippen molar-refractivity contribution in [2.24, 2.45) is 0 Å². The number of nitrogens with zero attached hydrogens (tertiary/aromatic N) is 2. The third-order valence-corrected chi connectivity index (χ3v) is 3.47. The van der Waals surface area contributed by atoms with Gasteiger partial charge in [-0.25, -0.2) is 0 Å². The summed E-state index contributed by atoms with van der Waals surface area (Å²) in [7, 11) is 0. The van der Waals surface area contributed by atoms with E-state index in [2.05, 4.69) is 23.6 Å². The minimum absolute atomic E-state index is 0.341. The van der Waals surface area contributed by atoms with Crippen LogP contribution in [0.15, 0.2) is 0 Å². The van der Waals surface area contributed by atoms with E-state index in [-0.39, 0.29) is 0 Å². The van der Waals surface area contributed by atoms with Crippen LogP contribution in [-0.4, -0.2) is 48.4 Å². The fraction of sp³-hybridized carbons (Fsp3) is 0.929. The van der Waals surface area contributed by atoms with Crippen molar-refractivity contribution in [2.75, 3.05) is 32.7 Å². The largest absolute Gasteiger partial charge is 0.342 e. The van der Waals surface area contributed by atoms with Crippen LogP contribution in [0.2, 0.25) is 0 Å². The molecule has 1 aliphatic rings. The number of hydrogen-bond acceptors (Lipinski definition) is 2. The van der Waals surface area contributed by atoms with Crippen molar-refractivity contribution in [3.05, 3.63) is 0 Å². The molecule has 3 heteroatoms. The van der Waals surface area contributed by atoms with Gasteiger partial charge in [-0.15, -0.1) is 0 Å². The second kappa shape index (κ2) is 8.51. The Labute approximate surface area is 106 Å². The Bertz CT molecular complexity index is 204. The summed E-state index contributed by atoms with van der Waals surface area (Å²) < 4.78 is 0. The number of unbranched alkanes of at least 4 members (excludes halogenated alkanes) is 2. The van der Waals surface area contributed by atoms with Gasteiger partial charge in [0, 0.05) is 13.1 Å². The second-order valence-electron chi connectivity index (χ2n) is 5.07. The van der Waals surface area contributed by atoms with Gasteiger partial charge in [-0.1, -0.05) is 26.7 Å². The van der Waals surface area contributed by atoms with Crippen molar-refractivity contribution >= 4 is 5.91 Å². The maximum atomic E-state index is 12.2. The molecule has 0 radical (unpaired) electrons. The predicted molar refractivity (Wildman–Crippen MR) is 72.1 cm³/mol. The Morgan fingerprint density at radius 3 is 2.06 bits per heavy atom. The van der Waals surface area contributed by atoms with Crippen molar-refractivity contribution in [3.63, 3.8) is 0 Å². The smallest absolute Gasteiger partial charge is 0.236 e. The molecule has 1 rings (SSSR count). The van der Waals surface area contributed by atoms with Gasteiger partial charge < -0.3 is 4.90 Å². The lowest BCUT2D eigenvalue weighted by Crippen LogP contribution is -2.40. The fourth-order valence-electron chi connectivity index (χ4n) is 2.29. The molecule has 0 spiro atoms. The van der Waals surface area contributed by atoms with Gasteiger partial charge in [0.25, 0.3) is 0 Å². The van der Waals surface area contributed by atoms with E-state index in [9.17, 15) is 4.79 Å². The molecule has 1 aliphatic heterocycles. The molecular weight excluding hydrogens is 212 g/mol. The molecule has 1 fully saturated rings. The second-order valence-corrected chi connectivity index (χ2v) is 5.07. The average molecular weight is 240 g/mol. The lowest BCUT2D eigenvalue weighted by atomic mass is 10.2. The van der Waals surface area contributed by atoms with Crippen LogP contribution >= 0.6 is 0 Å². The summed E-state index contributed by atoms with van der Waals surface area (Å²) in [6, 6.07) is 0. The van der Waals surface area contributed by atoms with E-state index in [1.54, 1.807) is 0 Å². The standard InChI is InChI=1S/C14H28N2O/c1-3-5-11-16(12-6-4-2)14(17)13-15-9-7-8-10-15/h3-13H2,1-2H3. The number of rotatable bonds is 8. The van der Waals surface area contributed by atoms with Crippen LogP contribution in [0.1, 0.15) is 52.4 Å². The van der Waals surface area contributed by atoms with Crippen LogP contribution in [0.4, 0.5) is 0 Å². The van der Waals surface area contributed by atoms with E-state index in [4.69, 9.17) is 0 Å². The molecule has 0 unspecified atom stereocenters. The van der Waals surface area contributed by atoms with Crippen molar-refractivity contribution in [1.29, 1.82) is 0 Å².